The molecule has 1 fully saturated rings. The number of halogens is 1. The Hall–Kier alpha value is -1.42. The molecule has 0 saturated heterocycles. The van der Waals surface area contributed by atoms with Gasteiger partial charge < -0.3 is 0 Å². The Morgan fingerprint density at radius 1 is 1.33 bits per heavy atom. The van der Waals surface area contributed by atoms with Gasteiger partial charge >= 0.3 is 0 Å². The molecule has 0 atom stereocenters. The molecule has 0 aliphatic heterocycles. The van der Waals surface area contributed by atoms with E-state index in [9.17, 15) is 4.79 Å². The molecular formula is C14H13BrN2O. The number of Topliss-reactive ketones (excluding diaryl/α,β-unsaturated/α-hetero) is 1. The van der Waals surface area contributed by atoms with Gasteiger partial charge in [0.25, 0.3) is 0 Å². The van der Waals surface area contributed by atoms with E-state index in [-0.39, 0.29) is 11.2 Å². The van der Waals surface area contributed by atoms with Gasteiger partial charge in [0.15, 0.2) is 5.78 Å². The van der Waals surface area contributed by atoms with Crippen LogP contribution in [0.1, 0.15) is 28.9 Å². The summed E-state index contributed by atoms with van der Waals surface area (Å²) in [5.41, 5.74) is 1.46. The molecule has 0 radical (unpaired) electrons. The highest BCUT2D eigenvalue weighted by molar-refractivity contribution is 9.10. The Labute approximate surface area is 114 Å². The Balaban J connectivity index is 2.04. The predicted molar refractivity (Wildman–Crippen MR) is 72.6 cm³/mol. The first kappa shape index (κ1) is 11.7. The first-order chi connectivity index (χ1) is 8.65. The lowest BCUT2D eigenvalue weighted by molar-refractivity contribution is 0.0936. The van der Waals surface area contributed by atoms with E-state index >= 15 is 0 Å². The highest BCUT2D eigenvalue weighted by Gasteiger charge is 2.52. The van der Waals surface area contributed by atoms with E-state index in [1.165, 1.54) is 0 Å². The lowest BCUT2D eigenvalue weighted by Gasteiger charge is -2.14. The van der Waals surface area contributed by atoms with Gasteiger partial charge in [-0.1, -0.05) is 30.3 Å². The van der Waals surface area contributed by atoms with Crippen molar-refractivity contribution in [3.05, 3.63) is 52.3 Å². The van der Waals surface area contributed by atoms with Crippen LogP contribution in [0.2, 0.25) is 0 Å². The first-order valence-electron chi connectivity index (χ1n) is 5.93. The molecule has 18 heavy (non-hydrogen) atoms. The molecule has 3 nitrogen and oxygen atoms in total. The molecule has 0 bridgehead atoms. The summed E-state index contributed by atoms with van der Waals surface area (Å²) in [5.74, 6) is 0.167. The second kappa shape index (κ2) is 4.05. The normalized spacial score (nSPS) is 16.6. The van der Waals surface area contributed by atoms with Gasteiger partial charge in [-0.25, -0.2) is 0 Å². The minimum atomic E-state index is -0.322. The number of carbonyl (C=O) groups excluding carboxylic acids is 1. The molecule has 1 aromatic carbocycles. The Bertz CT molecular complexity index is 580. The van der Waals surface area contributed by atoms with Crippen molar-refractivity contribution in [2.75, 3.05) is 0 Å². The van der Waals surface area contributed by atoms with E-state index in [4.69, 9.17) is 0 Å². The van der Waals surface area contributed by atoms with Crippen molar-refractivity contribution in [2.24, 2.45) is 7.05 Å². The lowest BCUT2D eigenvalue weighted by Crippen LogP contribution is -2.23. The third-order valence-electron chi connectivity index (χ3n) is 3.62. The summed E-state index contributed by atoms with van der Waals surface area (Å²) in [5, 5.41) is 4.12. The number of aryl methyl sites for hydroxylation is 1. The Morgan fingerprint density at radius 2 is 2.00 bits per heavy atom. The minimum absolute atomic E-state index is 0.167. The molecule has 1 aromatic heterocycles. The summed E-state index contributed by atoms with van der Waals surface area (Å²) in [6.45, 7) is 0. The van der Waals surface area contributed by atoms with Crippen LogP contribution in [0.5, 0.6) is 0 Å². The van der Waals surface area contributed by atoms with E-state index in [1.54, 1.807) is 17.9 Å². The molecule has 0 unspecified atom stereocenters. The number of aromatic nitrogens is 2. The van der Waals surface area contributed by atoms with Crippen LogP contribution in [0.25, 0.3) is 0 Å². The van der Waals surface area contributed by atoms with Gasteiger partial charge in [0, 0.05) is 7.05 Å². The number of hydrogen-bond donors (Lipinski definition) is 0. The third-order valence-corrected chi connectivity index (χ3v) is 4.20. The highest BCUT2D eigenvalue weighted by Crippen LogP contribution is 2.50. The molecular weight excluding hydrogens is 292 g/mol. The van der Waals surface area contributed by atoms with Crippen LogP contribution in [0.4, 0.5) is 0 Å². The summed E-state index contributed by atoms with van der Waals surface area (Å²) >= 11 is 3.41. The molecule has 92 valence electrons. The maximum atomic E-state index is 12.7. The van der Waals surface area contributed by atoms with E-state index in [1.807, 2.05) is 30.3 Å². The van der Waals surface area contributed by atoms with Gasteiger partial charge in [0.2, 0.25) is 0 Å². The molecule has 2 aromatic rings. The third kappa shape index (κ3) is 1.63. The molecule has 1 aliphatic carbocycles. The van der Waals surface area contributed by atoms with Gasteiger partial charge in [-0.05, 0) is 34.3 Å². The Kier molecular flexibility index (Phi) is 2.63. The molecule has 0 spiro atoms. The minimum Gasteiger partial charge on any atom is -0.291 e. The molecule has 3 rings (SSSR count). The number of nitrogens with zero attached hydrogens (tertiary/aromatic N) is 2. The van der Waals surface area contributed by atoms with Gasteiger partial charge in [0.05, 0.1) is 16.1 Å². The second-order valence-corrected chi connectivity index (χ2v) is 5.60. The van der Waals surface area contributed by atoms with Crippen LogP contribution in [-0.4, -0.2) is 15.6 Å². The van der Waals surface area contributed by atoms with E-state index in [0.717, 1.165) is 22.9 Å². The maximum absolute atomic E-state index is 12.7. The predicted octanol–water partition coefficient (Wildman–Crippen LogP) is 3.10. The van der Waals surface area contributed by atoms with Crippen LogP contribution in [0.15, 0.2) is 41.0 Å². The fourth-order valence-electron chi connectivity index (χ4n) is 2.42. The van der Waals surface area contributed by atoms with E-state index in [2.05, 4.69) is 21.0 Å². The fourth-order valence-corrected chi connectivity index (χ4v) is 2.95. The summed E-state index contributed by atoms with van der Waals surface area (Å²) in [6, 6.07) is 10.0. The SMILES string of the molecule is Cn1ncc(Br)c1C(=O)C1(c2ccccc2)CC1. The molecule has 1 saturated carbocycles. The van der Waals surface area contributed by atoms with Crippen molar-refractivity contribution in [1.82, 2.24) is 9.78 Å². The van der Waals surface area contributed by atoms with Gasteiger partial charge in [-0.2, -0.15) is 5.10 Å². The van der Waals surface area contributed by atoms with Gasteiger partial charge in [0.1, 0.15) is 5.69 Å². The first-order valence-corrected chi connectivity index (χ1v) is 6.72. The van der Waals surface area contributed by atoms with Crippen LogP contribution in [0.3, 0.4) is 0 Å². The zero-order valence-corrected chi connectivity index (χ0v) is 11.6. The number of rotatable bonds is 3. The average molecular weight is 305 g/mol. The number of ketones is 1. The smallest absolute Gasteiger partial charge is 0.192 e. The molecule has 0 amide bonds. The van der Waals surface area contributed by atoms with Crippen LogP contribution in [0, 0.1) is 0 Å². The van der Waals surface area contributed by atoms with Gasteiger partial charge in [-0.3, -0.25) is 9.48 Å². The fraction of sp³-hybridized carbons (Fsp3) is 0.286. The Morgan fingerprint density at radius 3 is 2.50 bits per heavy atom. The number of hydrogen-bond acceptors (Lipinski definition) is 2. The number of benzene rings is 1. The van der Waals surface area contributed by atoms with Crippen LogP contribution < -0.4 is 0 Å². The van der Waals surface area contributed by atoms with Crippen LogP contribution >= 0.6 is 15.9 Å². The van der Waals surface area contributed by atoms with Crippen molar-refractivity contribution in [3.8, 4) is 0 Å². The quantitative estimate of drug-likeness (QED) is 0.817. The lowest BCUT2D eigenvalue weighted by atomic mass is 9.90. The number of carbonyl (C=O) groups is 1. The topological polar surface area (TPSA) is 34.9 Å². The van der Waals surface area contributed by atoms with Crippen molar-refractivity contribution < 1.29 is 4.79 Å². The van der Waals surface area contributed by atoms with Crippen molar-refractivity contribution in [2.45, 2.75) is 18.3 Å². The molecule has 1 heterocycles. The summed E-state index contributed by atoms with van der Waals surface area (Å²) in [4.78, 5) is 12.7. The summed E-state index contributed by atoms with van der Waals surface area (Å²) in [6.07, 6.45) is 3.52. The van der Waals surface area contributed by atoms with E-state index in [0.29, 0.717) is 5.69 Å². The summed E-state index contributed by atoms with van der Waals surface area (Å²) < 4.78 is 2.42. The second-order valence-electron chi connectivity index (χ2n) is 4.74. The monoisotopic (exact) mass is 304 g/mol. The highest BCUT2D eigenvalue weighted by atomic mass is 79.9. The largest absolute Gasteiger partial charge is 0.291 e. The molecule has 1 aliphatic rings. The van der Waals surface area contributed by atoms with Crippen molar-refractivity contribution in [3.63, 3.8) is 0 Å². The van der Waals surface area contributed by atoms with Gasteiger partial charge in [-0.15, -0.1) is 0 Å². The van der Waals surface area contributed by atoms with Crippen LogP contribution in [-0.2, 0) is 12.5 Å². The maximum Gasteiger partial charge on any atom is 0.192 e. The summed E-state index contributed by atoms with van der Waals surface area (Å²) in [7, 11) is 1.80. The van der Waals surface area contributed by atoms with Crippen molar-refractivity contribution in [1.29, 1.82) is 0 Å². The molecule has 4 heteroatoms. The molecule has 0 N–H and O–H groups in total. The average Bonchev–Trinajstić information content (AvgIpc) is 3.13. The zero-order chi connectivity index (χ0) is 12.8. The zero-order valence-electron chi connectivity index (χ0n) is 10.1. The van der Waals surface area contributed by atoms with Crippen molar-refractivity contribution >= 4 is 21.7 Å². The van der Waals surface area contributed by atoms with E-state index < -0.39 is 0 Å². The standard InChI is InChI=1S/C14H13BrN2O/c1-17-12(11(15)9-16-17)13(18)14(7-8-14)10-5-3-2-4-6-10/h2-6,9H,7-8H2,1H3.